The molecule has 0 fully saturated rings. The predicted molar refractivity (Wildman–Crippen MR) is 66.8 cm³/mol. The second-order valence-electron chi connectivity index (χ2n) is 4.17. The van der Waals surface area contributed by atoms with Gasteiger partial charge in [0.15, 0.2) is 0 Å². The van der Waals surface area contributed by atoms with E-state index in [1.54, 1.807) is 6.20 Å². The third-order valence-corrected chi connectivity index (χ3v) is 2.89. The number of aryl methyl sites for hydroxylation is 1. The molecule has 1 atom stereocenters. The molecule has 1 aromatic heterocycles. The maximum Gasteiger partial charge on any atom is 0.270 e. The Morgan fingerprint density at radius 2 is 2.35 bits per heavy atom. The van der Waals surface area contributed by atoms with Crippen LogP contribution in [0.4, 0.5) is 0 Å². The summed E-state index contributed by atoms with van der Waals surface area (Å²) in [6.07, 6.45) is 3.28. The lowest BCUT2D eigenvalue weighted by molar-refractivity contribution is 0.0938. The molecular weight excluding hydrogens is 216 g/mol. The van der Waals surface area contributed by atoms with Crippen LogP contribution in [0.5, 0.6) is 0 Å². The summed E-state index contributed by atoms with van der Waals surface area (Å²) in [5, 5.41) is 11.7. The number of amides is 1. The third kappa shape index (κ3) is 4.15. The SMILES string of the molecule is CCC(CCO)CNC(=O)c1ncccc1C. The van der Waals surface area contributed by atoms with Crippen molar-refractivity contribution in [3.05, 3.63) is 29.6 Å². The number of carbonyl (C=O) groups excluding carboxylic acids is 1. The average molecular weight is 236 g/mol. The Morgan fingerprint density at radius 3 is 2.94 bits per heavy atom. The van der Waals surface area contributed by atoms with Gasteiger partial charge in [-0.2, -0.15) is 0 Å². The Kier molecular flexibility index (Phi) is 5.63. The van der Waals surface area contributed by atoms with E-state index in [0.29, 0.717) is 18.2 Å². The van der Waals surface area contributed by atoms with E-state index < -0.39 is 0 Å². The molecule has 0 saturated carbocycles. The number of hydrogen-bond donors (Lipinski definition) is 2. The van der Waals surface area contributed by atoms with Crippen molar-refractivity contribution in [1.29, 1.82) is 0 Å². The monoisotopic (exact) mass is 236 g/mol. The molecule has 0 aromatic carbocycles. The van der Waals surface area contributed by atoms with E-state index in [1.807, 2.05) is 19.1 Å². The molecule has 1 aromatic rings. The summed E-state index contributed by atoms with van der Waals surface area (Å²) in [4.78, 5) is 15.9. The highest BCUT2D eigenvalue weighted by Crippen LogP contribution is 2.07. The molecule has 4 heteroatoms. The molecule has 0 aliphatic carbocycles. The topological polar surface area (TPSA) is 62.2 Å². The van der Waals surface area contributed by atoms with Gasteiger partial charge in [-0.05, 0) is 30.9 Å². The van der Waals surface area contributed by atoms with Gasteiger partial charge in [0.2, 0.25) is 0 Å². The van der Waals surface area contributed by atoms with Gasteiger partial charge in [0.25, 0.3) is 5.91 Å². The van der Waals surface area contributed by atoms with E-state index in [4.69, 9.17) is 5.11 Å². The first-order chi connectivity index (χ1) is 8.19. The second kappa shape index (κ2) is 7.01. The number of nitrogens with one attached hydrogen (secondary N) is 1. The maximum absolute atomic E-state index is 11.9. The molecule has 1 amide bonds. The number of hydrogen-bond acceptors (Lipinski definition) is 3. The van der Waals surface area contributed by atoms with E-state index in [2.05, 4.69) is 17.2 Å². The Hall–Kier alpha value is -1.42. The molecule has 0 bridgehead atoms. The Bertz CT molecular complexity index is 366. The number of pyridine rings is 1. The fourth-order valence-electron chi connectivity index (χ4n) is 1.68. The van der Waals surface area contributed by atoms with Crippen LogP contribution in [0.1, 0.15) is 35.8 Å². The van der Waals surface area contributed by atoms with E-state index >= 15 is 0 Å². The van der Waals surface area contributed by atoms with Crippen molar-refractivity contribution in [2.45, 2.75) is 26.7 Å². The van der Waals surface area contributed by atoms with Gasteiger partial charge in [0.05, 0.1) is 0 Å². The van der Waals surface area contributed by atoms with Crippen molar-refractivity contribution in [2.24, 2.45) is 5.92 Å². The van der Waals surface area contributed by atoms with Crippen LogP contribution in [-0.2, 0) is 0 Å². The van der Waals surface area contributed by atoms with Crippen molar-refractivity contribution < 1.29 is 9.90 Å². The van der Waals surface area contributed by atoms with E-state index in [0.717, 1.165) is 18.4 Å². The van der Waals surface area contributed by atoms with Gasteiger partial charge < -0.3 is 10.4 Å². The minimum absolute atomic E-state index is 0.139. The predicted octanol–water partition coefficient (Wildman–Crippen LogP) is 1.53. The van der Waals surface area contributed by atoms with Gasteiger partial charge in [-0.3, -0.25) is 9.78 Å². The number of aliphatic hydroxyl groups is 1. The lowest BCUT2D eigenvalue weighted by Crippen LogP contribution is -2.30. The molecule has 0 aliphatic rings. The van der Waals surface area contributed by atoms with E-state index in [9.17, 15) is 4.79 Å². The van der Waals surface area contributed by atoms with Crippen molar-refractivity contribution in [2.75, 3.05) is 13.2 Å². The van der Waals surface area contributed by atoms with Crippen LogP contribution in [0, 0.1) is 12.8 Å². The van der Waals surface area contributed by atoms with Gasteiger partial charge in [0, 0.05) is 19.3 Å². The van der Waals surface area contributed by atoms with Crippen LogP contribution >= 0.6 is 0 Å². The van der Waals surface area contributed by atoms with Gasteiger partial charge in [-0.25, -0.2) is 0 Å². The van der Waals surface area contributed by atoms with Crippen LogP contribution in [0.25, 0.3) is 0 Å². The number of aliphatic hydroxyl groups excluding tert-OH is 1. The first kappa shape index (κ1) is 13.6. The van der Waals surface area contributed by atoms with Crippen LogP contribution in [0.2, 0.25) is 0 Å². The highest BCUT2D eigenvalue weighted by Gasteiger charge is 2.12. The van der Waals surface area contributed by atoms with Crippen LogP contribution < -0.4 is 5.32 Å². The summed E-state index contributed by atoms with van der Waals surface area (Å²) in [6.45, 7) is 4.67. The molecule has 0 aliphatic heterocycles. The molecule has 1 heterocycles. The zero-order chi connectivity index (χ0) is 12.7. The van der Waals surface area contributed by atoms with Gasteiger partial charge in [-0.15, -0.1) is 0 Å². The molecular formula is C13H20N2O2. The molecule has 1 unspecified atom stereocenters. The lowest BCUT2D eigenvalue weighted by atomic mass is 10.0. The minimum Gasteiger partial charge on any atom is -0.396 e. The zero-order valence-corrected chi connectivity index (χ0v) is 10.4. The van der Waals surface area contributed by atoms with Crippen molar-refractivity contribution in [3.63, 3.8) is 0 Å². The average Bonchev–Trinajstić information content (AvgIpc) is 2.34. The molecule has 17 heavy (non-hydrogen) atoms. The standard InChI is InChI=1S/C13H20N2O2/c1-3-11(6-8-16)9-15-13(17)12-10(2)5-4-7-14-12/h4-5,7,11,16H,3,6,8-9H2,1-2H3,(H,15,17). The smallest absolute Gasteiger partial charge is 0.270 e. The molecule has 0 saturated heterocycles. The highest BCUT2D eigenvalue weighted by molar-refractivity contribution is 5.93. The fourth-order valence-corrected chi connectivity index (χ4v) is 1.68. The summed E-state index contributed by atoms with van der Waals surface area (Å²) < 4.78 is 0. The number of rotatable bonds is 6. The molecule has 94 valence electrons. The molecule has 0 radical (unpaired) electrons. The van der Waals surface area contributed by atoms with Crippen molar-refractivity contribution in [3.8, 4) is 0 Å². The number of carbonyl (C=O) groups is 1. The summed E-state index contributed by atoms with van der Waals surface area (Å²) in [5.41, 5.74) is 1.35. The number of aromatic nitrogens is 1. The fraction of sp³-hybridized carbons (Fsp3) is 0.538. The van der Waals surface area contributed by atoms with E-state index in [-0.39, 0.29) is 12.5 Å². The normalized spacial score (nSPS) is 12.2. The molecule has 1 rings (SSSR count). The molecule has 4 nitrogen and oxygen atoms in total. The van der Waals surface area contributed by atoms with Crippen LogP contribution in [0.3, 0.4) is 0 Å². The Labute approximate surface area is 102 Å². The summed E-state index contributed by atoms with van der Waals surface area (Å²) in [6, 6.07) is 3.68. The van der Waals surface area contributed by atoms with Gasteiger partial charge >= 0.3 is 0 Å². The number of nitrogens with zero attached hydrogens (tertiary/aromatic N) is 1. The second-order valence-corrected chi connectivity index (χ2v) is 4.17. The summed E-state index contributed by atoms with van der Waals surface area (Å²) >= 11 is 0. The first-order valence-electron chi connectivity index (χ1n) is 5.99. The van der Waals surface area contributed by atoms with Gasteiger partial charge in [-0.1, -0.05) is 19.4 Å². The third-order valence-electron chi connectivity index (χ3n) is 2.89. The quantitative estimate of drug-likeness (QED) is 0.787. The summed E-state index contributed by atoms with van der Waals surface area (Å²) in [7, 11) is 0. The largest absolute Gasteiger partial charge is 0.396 e. The van der Waals surface area contributed by atoms with Crippen molar-refractivity contribution in [1.82, 2.24) is 10.3 Å². The van der Waals surface area contributed by atoms with Crippen LogP contribution in [-0.4, -0.2) is 29.1 Å². The summed E-state index contributed by atoms with van der Waals surface area (Å²) in [5.74, 6) is 0.187. The molecule has 2 N–H and O–H groups in total. The first-order valence-corrected chi connectivity index (χ1v) is 5.99. The minimum atomic E-state index is -0.139. The molecule has 0 spiro atoms. The zero-order valence-electron chi connectivity index (χ0n) is 10.4. The Morgan fingerprint density at radius 1 is 1.59 bits per heavy atom. The van der Waals surface area contributed by atoms with Crippen LogP contribution in [0.15, 0.2) is 18.3 Å². The lowest BCUT2D eigenvalue weighted by Gasteiger charge is -2.14. The Balaban J connectivity index is 2.52. The maximum atomic E-state index is 11.9. The highest BCUT2D eigenvalue weighted by atomic mass is 16.3. The van der Waals surface area contributed by atoms with E-state index in [1.165, 1.54) is 0 Å². The van der Waals surface area contributed by atoms with Gasteiger partial charge in [0.1, 0.15) is 5.69 Å². The van der Waals surface area contributed by atoms with Crippen molar-refractivity contribution >= 4 is 5.91 Å².